The van der Waals surface area contributed by atoms with Crippen molar-refractivity contribution in [1.82, 2.24) is 15.0 Å². The number of nitrogens with two attached hydrogens (primary N) is 1. The van der Waals surface area contributed by atoms with Crippen molar-refractivity contribution in [1.29, 1.82) is 0 Å². The molecule has 0 saturated carbocycles. The van der Waals surface area contributed by atoms with Gasteiger partial charge in [-0.25, -0.2) is 0 Å². The Hall–Kier alpha value is -2.39. The van der Waals surface area contributed by atoms with Gasteiger partial charge in [-0.15, -0.1) is 0 Å². The molecule has 0 radical (unpaired) electrons. The van der Waals surface area contributed by atoms with Gasteiger partial charge < -0.3 is 20.7 Å². The van der Waals surface area contributed by atoms with Gasteiger partial charge in [-0.3, -0.25) is 4.79 Å². The molecule has 0 saturated heterocycles. The first-order valence-electron chi connectivity index (χ1n) is 1.90. The van der Waals surface area contributed by atoms with Crippen LogP contribution in [0.5, 0.6) is 0 Å². The maximum atomic E-state index is 10.1. The molecule has 0 unspecified atom stereocenters. The van der Waals surface area contributed by atoms with Crippen molar-refractivity contribution >= 4 is 5.95 Å². The van der Waals surface area contributed by atoms with Crippen LogP contribution in [0.15, 0.2) is 11.1 Å². The molecule has 0 amide bonds. The van der Waals surface area contributed by atoms with Crippen LogP contribution >= 0.6 is 0 Å². The van der Waals surface area contributed by atoms with Gasteiger partial charge in [-0.1, -0.05) is 0 Å². The van der Waals surface area contributed by atoms with E-state index < -0.39 is 5.69 Å². The van der Waals surface area contributed by atoms with E-state index in [0.717, 1.165) is 6.33 Å². The maximum absolute atomic E-state index is 10.1. The number of anilines is 1. The monoisotopic (exact) mass is 378 g/mol. The van der Waals surface area contributed by atoms with E-state index in [-0.39, 0.29) is 5.95 Å². The van der Waals surface area contributed by atoms with Gasteiger partial charge in [0.25, 0.3) is 0 Å². The summed E-state index contributed by atoms with van der Waals surface area (Å²) in [5.74, 6) is -0.0370. The minimum atomic E-state index is -0.600. The number of rotatable bonds is 0. The molecule has 0 fully saturated rings. The van der Waals surface area contributed by atoms with Gasteiger partial charge >= 0.3 is 0 Å². The van der Waals surface area contributed by atoms with Crippen LogP contribution in [0.3, 0.4) is 0 Å². The van der Waals surface area contributed by atoms with Gasteiger partial charge in [0.2, 0.25) is 5.69 Å². The van der Waals surface area contributed by atoms with Gasteiger partial charge in [0.05, 0.1) is 5.95 Å². The van der Waals surface area contributed by atoms with Crippen molar-refractivity contribution in [3.8, 4) is 0 Å². The van der Waals surface area contributed by atoms with E-state index in [2.05, 4.69) is 15.0 Å². The summed E-state index contributed by atoms with van der Waals surface area (Å²) < 4.78 is 0. The summed E-state index contributed by atoms with van der Waals surface area (Å²) in [6, 6.07) is 0. The first-order chi connectivity index (χ1) is 3.79. The third kappa shape index (κ3) is 1.26. The van der Waals surface area contributed by atoms with E-state index in [4.69, 9.17) is 5.73 Å². The number of nitrogen functional groups attached to an aromatic ring is 1. The molecule has 1 aromatic heterocycles. The van der Waals surface area contributed by atoms with Gasteiger partial charge in [-0.2, -0.15) is 0 Å². The molecule has 6 heteroatoms. The molecular formula is C3H3N4ORf-. The first-order valence-corrected chi connectivity index (χ1v) is 1.90. The molecule has 0 aliphatic carbocycles. The Bertz CT molecular complexity index is 233. The van der Waals surface area contributed by atoms with Gasteiger partial charge in [0.1, 0.15) is 0 Å². The van der Waals surface area contributed by atoms with Gasteiger partial charge in [0.15, 0.2) is 0 Å². The molecule has 9 heavy (non-hydrogen) atoms. The molecule has 1 aromatic rings. The molecule has 0 aliphatic heterocycles. The van der Waals surface area contributed by atoms with Crippen LogP contribution in [0, 0.1) is 0 Å². The Labute approximate surface area is 44.6 Å². The summed E-state index contributed by atoms with van der Waals surface area (Å²) in [5, 5.41) is 0. The summed E-state index contributed by atoms with van der Waals surface area (Å²) in [7, 11) is 0. The predicted octanol–water partition coefficient (Wildman–Crippen LogP) is -1.62. The largest absolute Gasteiger partial charge is 0.394 e. The molecule has 0 spiro atoms. The molecule has 0 bridgehead atoms. The smallest absolute Gasteiger partial charge is 0.229 e. The second kappa shape index (κ2) is 2.06. The normalized spacial score (nSPS) is 8.00. The van der Waals surface area contributed by atoms with Crippen molar-refractivity contribution in [3.05, 3.63) is 16.8 Å². The molecule has 1 rings (SSSR count). The summed E-state index contributed by atoms with van der Waals surface area (Å²) in [6.07, 6.45) is 1.07. The molecule has 0 aromatic carbocycles. The summed E-state index contributed by atoms with van der Waals surface area (Å²) in [4.78, 5) is 19.9. The van der Waals surface area contributed by atoms with E-state index in [9.17, 15) is 4.79 Å². The number of nitrogens with zero attached hydrogens (tertiary/aromatic N) is 3. The van der Waals surface area contributed by atoms with Crippen LogP contribution in [0.1, 0.15) is 0 Å². The first kappa shape index (κ1) is 6.61. The van der Waals surface area contributed by atoms with E-state index in [1.807, 2.05) is 0 Å². The van der Waals surface area contributed by atoms with Crippen molar-refractivity contribution in [3.63, 3.8) is 0 Å². The third-order valence-corrected chi connectivity index (χ3v) is 0.568. The number of aromatic nitrogens is 3. The Morgan fingerprint density at radius 3 is 2.67 bits per heavy atom. The fourth-order valence-electron chi connectivity index (χ4n) is 0.293. The third-order valence-electron chi connectivity index (χ3n) is 0.568. The fraction of sp³-hybridized carbons (Fsp3) is 0. The van der Waals surface area contributed by atoms with Crippen LogP contribution in [0.25, 0.3) is 0 Å². The molecular weight excluding hydrogens is 375 g/mol. The average molecular weight is 378 g/mol. The maximum Gasteiger partial charge on any atom is 0.229 e. The van der Waals surface area contributed by atoms with Crippen LogP contribution in [0.2, 0.25) is 0 Å². The summed E-state index contributed by atoms with van der Waals surface area (Å²) >= 11 is 0. The molecule has 0 atom stereocenters. The Balaban J connectivity index is 0.000000640. The van der Waals surface area contributed by atoms with Crippen LogP contribution in [-0.4, -0.2) is 9.97 Å². The van der Waals surface area contributed by atoms with Crippen LogP contribution in [0.4, 0.5) is 5.95 Å². The molecule has 0 aliphatic rings. The summed E-state index contributed by atoms with van der Waals surface area (Å²) in [6.45, 7) is 0. The van der Waals surface area contributed by atoms with Gasteiger partial charge in [-0.05, 0) is 6.33 Å². The molecule has 44 valence electrons. The molecule has 5 nitrogen and oxygen atoms in total. The van der Waals surface area contributed by atoms with Crippen molar-refractivity contribution in [2.75, 3.05) is 5.73 Å². The second-order valence-electron chi connectivity index (χ2n) is 1.13. The molecule has 1 heterocycles. The quantitative estimate of drug-likeness (QED) is 0.587. The van der Waals surface area contributed by atoms with E-state index >= 15 is 0 Å². The number of hydrogen-bond acceptors (Lipinski definition) is 4. The molecule has 2 N–H and O–H groups in total. The van der Waals surface area contributed by atoms with Crippen molar-refractivity contribution < 1.29 is 0 Å². The Kier molecular flexibility index (Phi) is 1.51. The van der Waals surface area contributed by atoms with E-state index in [0.29, 0.717) is 0 Å². The van der Waals surface area contributed by atoms with Gasteiger partial charge in [0, 0.05) is 0 Å². The second-order valence-corrected chi connectivity index (χ2v) is 1.13. The standard InChI is InChI=1S/C3H4N4O.Rf/c4-2-5-1-6-3(8)7-2;/h1H,(H3,4,5,6,7,8);/p-1. The van der Waals surface area contributed by atoms with Crippen LogP contribution < -0.4 is 16.4 Å². The minimum Gasteiger partial charge on any atom is -0.394 e. The zero-order valence-corrected chi connectivity index (χ0v) is 11.0. The zero-order valence-electron chi connectivity index (χ0n) is 4.61. The van der Waals surface area contributed by atoms with Crippen molar-refractivity contribution in [2.45, 2.75) is 0 Å². The minimum absolute atomic E-state index is 0. The Morgan fingerprint density at radius 2 is 2.33 bits per heavy atom. The predicted molar refractivity (Wildman–Crippen MR) is 26.0 cm³/mol. The van der Waals surface area contributed by atoms with E-state index in [1.165, 1.54) is 0 Å². The number of hydrogen-bond donors (Lipinski definition) is 1. The zero-order chi connectivity index (χ0) is 5.98. The van der Waals surface area contributed by atoms with Crippen molar-refractivity contribution in [2.24, 2.45) is 0 Å². The fourth-order valence-corrected chi connectivity index (χ4v) is 0.293. The topological polar surface area (TPSA) is 83.0 Å². The van der Waals surface area contributed by atoms with E-state index in [1.54, 1.807) is 0 Å². The summed E-state index contributed by atoms with van der Waals surface area (Å²) in [5.41, 5.74) is 4.40. The Morgan fingerprint density at radius 1 is 1.67 bits per heavy atom. The SMILES string of the molecule is Nc1nc[n-]c(=O)n1.[Rf]. The average Bonchev–Trinajstić information content (AvgIpc) is 1.64. The van der Waals surface area contributed by atoms with Crippen LogP contribution in [-0.2, 0) is 0 Å².